The Hall–Kier alpha value is -0.580. The number of nitrogens with zero attached hydrogens (tertiary/aromatic N) is 1. The molecular formula is C15H22FNOS. The molecule has 106 valence electrons. The van der Waals surface area contributed by atoms with Crippen molar-refractivity contribution in [3.05, 3.63) is 35.6 Å². The number of benzene rings is 1. The third-order valence-corrected chi connectivity index (χ3v) is 4.12. The quantitative estimate of drug-likeness (QED) is 0.745. The van der Waals surface area contributed by atoms with Crippen LogP contribution in [-0.4, -0.2) is 49.3 Å². The second-order valence-corrected chi connectivity index (χ2v) is 5.96. The molecule has 1 aliphatic rings. The summed E-state index contributed by atoms with van der Waals surface area (Å²) >= 11 is 1.90. The Labute approximate surface area is 119 Å². The van der Waals surface area contributed by atoms with Crippen LogP contribution in [0.1, 0.15) is 12.0 Å². The molecule has 0 bridgehead atoms. The summed E-state index contributed by atoms with van der Waals surface area (Å²) < 4.78 is 18.7. The lowest BCUT2D eigenvalue weighted by Gasteiger charge is -2.33. The van der Waals surface area contributed by atoms with Gasteiger partial charge in [0.1, 0.15) is 5.82 Å². The summed E-state index contributed by atoms with van der Waals surface area (Å²) in [5.74, 6) is 1.05. The number of hydrogen-bond donors (Lipinski definition) is 0. The summed E-state index contributed by atoms with van der Waals surface area (Å²) in [4.78, 5) is 2.48. The van der Waals surface area contributed by atoms with Crippen molar-refractivity contribution >= 4 is 11.8 Å². The average Bonchev–Trinajstić information content (AvgIpc) is 2.42. The molecule has 0 amide bonds. The predicted molar refractivity (Wildman–Crippen MR) is 79.3 cm³/mol. The molecule has 1 fully saturated rings. The van der Waals surface area contributed by atoms with E-state index in [2.05, 4.69) is 11.2 Å². The Morgan fingerprint density at radius 1 is 1.37 bits per heavy atom. The van der Waals surface area contributed by atoms with E-state index in [0.29, 0.717) is 0 Å². The van der Waals surface area contributed by atoms with Gasteiger partial charge in [-0.25, -0.2) is 4.39 Å². The van der Waals surface area contributed by atoms with Crippen LogP contribution in [-0.2, 0) is 11.2 Å². The van der Waals surface area contributed by atoms with Crippen LogP contribution in [0.5, 0.6) is 0 Å². The topological polar surface area (TPSA) is 12.5 Å². The van der Waals surface area contributed by atoms with E-state index >= 15 is 0 Å². The molecule has 0 aliphatic carbocycles. The molecular weight excluding hydrogens is 261 g/mol. The highest BCUT2D eigenvalue weighted by atomic mass is 32.2. The largest absolute Gasteiger partial charge is 0.375 e. The van der Waals surface area contributed by atoms with Crippen LogP contribution in [0, 0.1) is 5.82 Å². The Bertz CT molecular complexity index is 371. The summed E-state index contributed by atoms with van der Waals surface area (Å²) in [6, 6.07) is 6.75. The molecule has 4 heteroatoms. The van der Waals surface area contributed by atoms with Crippen LogP contribution in [0.3, 0.4) is 0 Å². The fourth-order valence-electron chi connectivity index (χ4n) is 2.42. The van der Waals surface area contributed by atoms with Crippen molar-refractivity contribution in [1.82, 2.24) is 4.90 Å². The van der Waals surface area contributed by atoms with Crippen LogP contribution in [0.4, 0.5) is 4.39 Å². The van der Waals surface area contributed by atoms with E-state index in [1.807, 2.05) is 23.9 Å². The van der Waals surface area contributed by atoms with E-state index in [4.69, 9.17) is 4.74 Å². The van der Waals surface area contributed by atoms with Crippen molar-refractivity contribution < 1.29 is 9.13 Å². The van der Waals surface area contributed by atoms with E-state index in [1.54, 1.807) is 0 Å². The lowest BCUT2D eigenvalue weighted by molar-refractivity contribution is -0.0273. The van der Waals surface area contributed by atoms with E-state index in [0.717, 1.165) is 38.2 Å². The van der Waals surface area contributed by atoms with Gasteiger partial charge in [0.25, 0.3) is 0 Å². The highest BCUT2D eigenvalue weighted by Gasteiger charge is 2.20. The van der Waals surface area contributed by atoms with Gasteiger partial charge in [-0.2, -0.15) is 11.8 Å². The van der Waals surface area contributed by atoms with Crippen molar-refractivity contribution in [2.24, 2.45) is 0 Å². The number of thioether (sulfide) groups is 1. The number of halogens is 1. The van der Waals surface area contributed by atoms with Gasteiger partial charge in [-0.1, -0.05) is 12.1 Å². The van der Waals surface area contributed by atoms with Crippen LogP contribution in [0.15, 0.2) is 24.3 Å². The minimum Gasteiger partial charge on any atom is -0.375 e. The monoisotopic (exact) mass is 283 g/mol. The molecule has 0 aromatic heterocycles. The summed E-state index contributed by atoms with van der Waals surface area (Å²) in [5, 5.41) is 0. The van der Waals surface area contributed by atoms with E-state index in [1.165, 1.54) is 24.3 Å². The van der Waals surface area contributed by atoms with Crippen molar-refractivity contribution in [2.75, 3.05) is 38.2 Å². The summed E-state index contributed by atoms with van der Waals surface area (Å²) in [7, 11) is 0. The molecule has 2 rings (SSSR count). The van der Waals surface area contributed by atoms with E-state index in [9.17, 15) is 4.39 Å². The van der Waals surface area contributed by atoms with Gasteiger partial charge >= 0.3 is 0 Å². The second kappa shape index (κ2) is 7.88. The first-order chi connectivity index (χ1) is 9.28. The number of morpholine rings is 1. The number of rotatable bonds is 6. The first kappa shape index (κ1) is 14.8. The molecule has 1 aromatic rings. The summed E-state index contributed by atoms with van der Waals surface area (Å²) in [5.41, 5.74) is 1.15. The molecule has 0 saturated carbocycles. The molecule has 1 heterocycles. The zero-order chi connectivity index (χ0) is 13.5. The van der Waals surface area contributed by atoms with Crippen LogP contribution >= 0.6 is 11.8 Å². The van der Waals surface area contributed by atoms with Gasteiger partial charge < -0.3 is 4.74 Å². The molecule has 19 heavy (non-hydrogen) atoms. The fraction of sp³-hybridized carbons (Fsp3) is 0.600. The lowest BCUT2D eigenvalue weighted by atomic mass is 10.1. The number of ether oxygens (including phenoxy) is 1. The maximum atomic E-state index is 12.9. The highest BCUT2D eigenvalue weighted by molar-refractivity contribution is 7.98. The Balaban J connectivity index is 1.78. The molecule has 0 unspecified atom stereocenters. The standard InChI is InChI=1S/C15H22FNOS/c1-19-10-2-7-17-8-9-18-15(12-17)11-13-3-5-14(16)6-4-13/h3-6,15H,2,7-12H2,1H3/t15-/m1/s1. The normalized spacial score (nSPS) is 20.6. The maximum Gasteiger partial charge on any atom is 0.123 e. The molecule has 0 radical (unpaired) electrons. The first-order valence-electron chi connectivity index (χ1n) is 6.85. The van der Waals surface area contributed by atoms with Gasteiger partial charge in [-0.15, -0.1) is 0 Å². The molecule has 0 N–H and O–H groups in total. The highest BCUT2D eigenvalue weighted by Crippen LogP contribution is 2.13. The van der Waals surface area contributed by atoms with Crippen LogP contribution < -0.4 is 0 Å². The molecule has 1 aliphatic heterocycles. The third kappa shape index (κ3) is 5.13. The Morgan fingerprint density at radius 2 is 2.16 bits per heavy atom. The van der Waals surface area contributed by atoms with Gasteiger partial charge in [0, 0.05) is 13.1 Å². The van der Waals surface area contributed by atoms with Crippen molar-refractivity contribution in [2.45, 2.75) is 18.9 Å². The Morgan fingerprint density at radius 3 is 2.89 bits per heavy atom. The smallest absolute Gasteiger partial charge is 0.123 e. The first-order valence-corrected chi connectivity index (χ1v) is 8.24. The van der Waals surface area contributed by atoms with Gasteiger partial charge in [-0.3, -0.25) is 4.90 Å². The molecule has 1 atom stereocenters. The van der Waals surface area contributed by atoms with Crippen molar-refractivity contribution in [3.8, 4) is 0 Å². The Kier molecular flexibility index (Phi) is 6.14. The zero-order valence-corrected chi connectivity index (χ0v) is 12.3. The zero-order valence-electron chi connectivity index (χ0n) is 11.5. The van der Waals surface area contributed by atoms with Gasteiger partial charge in [-0.05, 0) is 49.1 Å². The predicted octanol–water partition coefficient (Wildman–Crippen LogP) is 2.82. The van der Waals surface area contributed by atoms with E-state index in [-0.39, 0.29) is 11.9 Å². The molecule has 0 spiro atoms. The molecule has 2 nitrogen and oxygen atoms in total. The summed E-state index contributed by atoms with van der Waals surface area (Å²) in [6.07, 6.45) is 4.51. The van der Waals surface area contributed by atoms with Gasteiger partial charge in [0.15, 0.2) is 0 Å². The maximum absolute atomic E-state index is 12.9. The molecule has 1 saturated heterocycles. The SMILES string of the molecule is CSCCCN1CCO[C@H](Cc2ccc(F)cc2)C1. The average molecular weight is 283 g/mol. The van der Waals surface area contributed by atoms with E-state index < -0.39 is 0 Å². The summed E-state index contributed by atoms with van der Waals surface area (Å²) in [6.45, 7) is 4.00. The van der Waals surface area contributed by atoms with Crippen LogP contribution in [0.25, 0.3) is 0 Å². The second-order valence-electron chi connectivity index (χ2n) is 4.97. The minimum absolute atomic E-state index is 0.174. The minimum atomic E-state index is -0.174. The van der Waals surface area contributed by atoms with Crippen molar-refractivity contribution in [1.29, 1.82) is 0 Å². The van der Waals surface area contributed by atoms with Gasteiger partial charge in [0.2, 0.25) is 0 Å². The lowest BCUT2D eigenvalue weighted by Crippen LogP contribution is -2.43. The van der Waals surface area contributed by atoms with Crippen molar-refractivity contribution in [3.63, 3.8) is 0 Å². The number of hydrogen-bond acceptors (Lipinski definition) is 3. The van der Waals surface area contributed by atoms with Crippen LogP contribution in [0.2, 0.25) is 0 Å². The fourth-order valence-corrected chi connectivity index (χ4v) is 2.84. The molecule has 1 aromatic carbocycles. The van der Waals surface area contributed by atoms with Gasteiger partial charge in [0.05, 0.1) is 12.7 Å². The third-order valence-electron chi connectivity index (χ3n) is 3.42.